The second-order valence-corrected chi connectivity index (χ2v) is 10.6. The molecule has 0 aromatic rings. The van der Waals surface area contributed by atoms with Crippen LogP contribution in [0, 0.1) is 35.0 Å². The van der Waals surface area contributed by atoms with Crippen molar-refractivity contribution in [3.8, 4) is 0 Å². The first-order valence-electron chi connectivity index (χ1n) is 11.1. The maximum Gasteiger partial charge on any atom is 0.335 e. The molecular formula is C25H36O5. The van der Waals surface area contributed by atoms with Gasteiger partial charge in [-0.3, -0.25) is 4.79 Å². The van der Waals surface area contributed by atoms with Gasteiger partial charge in [-0.1, -0.05) is 12.5 Å². The molecule has 0 radical (unpaired) electrons. The number of esters is 1. The molecule has 2 unspecified atom stereocenters. The third-order valence-electron chi connectivity index (χ3n) is 7.64. The van der Waals surface area contributed by atoms with Crippen molar-refractivity contribution < 1.29 is 23.9 Å². The Bertz CT molecular complexity index is 772. The standard InChI is InChI=1S/C25H36O5/c1-15(2)11-22(27)29-10-8-21-17(12-16(3)26)23(28)19-14-30-24(4,5)20-7-9-25(21,6)13-18(19)20/h8,10-11,17-21H,7,9,12-14H2,1-6H3/t17-,18?,19-,20?,21-,25+/m1/s1. The molecule has 5 nitrogen and oxygen atoms in total. The van der Waals surface area contributed by atoms with Gasteiger partial charge in [-0.2, -0.15) is 0 Å². The van der Waals surface area contributed by atoms with Crippen LogP contribution >= 0.6 is 0 Å². The van der Waals surface area contributed by atoms with Gasteiger partial charge < -0.3 is 14.3 Å². The van der Waals surface area contributed by atoms with Gasteiger partial charge in [0.2, 0.25) is 0 Å². The van der Waals surface area contributed by atoms with Gasteiger partial charge in [-0.25, -0.2) is 4.79 Å². The predicted octanol–water partition coefficient (Wildman–Crippen LogP) is 4.65. The number of ether oxygens (including phenoxy) is 2. The van der Waals surface area contributed by atoms with Gasteiger partial charge >= 0.3 is 5.97 Å². The number of hydrogen-bond acceptors (Lipinski definition) is 5. The number of rotatable bonds is 5. The fourth-order valence-corrected chi connectivity index (χ4v) is 6.20. The second kappa shape index (κ2) is 8.41. The van der Waals surface area contributed by atoms with Crippen LogP contribution in [0.4, 0.5) is 0 Å². The first-order valence-corrected chi connectivity index (χ1v) is 11.1. The van der Waals surface area contributed by atoms with E-state index >= 15 is 0 Å². The molecule has 6 atom stereocenters. The van der Waals surface area contributed by atoms with Crippen molar-refractivity contribution in [3.05, 3.63) is 24.0 Å². The van der Waals surface area contributed by atoms with Crippen LogP contribution in [0.1, 0.15) is 67.2 Å². The summed E-state index contributed by atoms with van der Waals surface area (Å²) < 4.78 is 11.4. The van der Waals surface area contributed by atoms with Gasteiger partial charge in [-0.15, -0.1) is 0 Å². The lowest BCUT2D eigenvalue weighted by atomic mass is 9.56. The average molecular weight is 417 g/mol. The van der Waals surface area contributed by atoms with E-state index in [0.717, 1.165) is 24.8 Å². The zero-order chi connectivity index (χ0) is 22.3. The number of carbonyl (C=O) groups excluding carboxylic acids is 3. The van der Waals surface area contributed by atoms with Crippen LogP contribution < -0.4 is 0 Å². The fraction of sp³-hybridized carbons (Fsp3) is 0.720. The van der Waals surface area contributed by atoms with E-state index in [1.54, 1.807) is 6.92 Å². The molecule has 2 saturated carbocycles. The second-order valence-electron chi connectivity index (χ2n) is 10.6. The van der Waals surface area contributed by atoms with E-state index in [4.69, 9.17) is 9.47 Å². The molecule has 0 N–H and O–H groups in total. The quantitative estimate of drug-likeness (QED) is 0.371. The SMILES string of the molecule is CC(=O)C[C@H]1C(=O)[C@@H]2COC(C)(C)C3CC[C@@](C)(CC32)[C@@H]1C=COC(=O)C=C(C)C. The molecule has 2 bridgehead atoms. The largest absolute Gasteiger partial charge is 0.432 e. The highest BCUT2D eigenvalue weighted by atomic mass is 16.5. The molecular weight excluding hydrogens is 380 g/mol. The van der Waals surface area contributed by atoms with Crippen molar-refractivity contribution in [3.63, 3.8) is 0 Å². The maximum absolute atomic E-state index is 13.7. The van der Waals surface area contributed by atoms with E-state index in [1.807, 2.05) is 19.9 Å². The lowest BCUT2D eigenvalue weighted by molar-refractivity contribution is -0.173. The molecule has 0 spiro atoms. The molecule has 0 aromatic heterocycles. The highest BCUT2D eigenvalue weighted by Gasteiger charge is 2.58. The maximum atomic E-state index is 13.7. The highest BCUT2D eigenvalue weighted by molar-refractivity contribution is 5.90. The van der Waals surface area contributed by atoms with E-state index in [1.165, 1.54) is 12.3 Å². The zero-order valence-electron chi connectivity index (χ0n) is 19.2. The van der Waals surface area contributed by atoms with Crippen molar-refractivity contribution in [1.29, 1.82) is 0 Å². The summed E-state index contributed by atoms with van der Waals surface area (Å²) >= 11 is 0. The van der Waals surface area contributed by atoms with Gasteiger partial charge in [0.15, 0.2) is 0 Å². The minimum atomic E-state index is -0.424. The molecule has 1 saturated heterocycles. The van der Waals surface area contributed by atoms with Gasteiger partial charge in [0.05, 0.1) is 18.5 Å². The smallest absolute Gasteiger partial charge is 0.335 e. The Hall–Kier alpha value is -1.75. The third-order valence-corrected chi connectivity index (χ3v) is 7.64. The van der Waals surface area contributed by atoms with Gasteiger partial charge in [0.25, 0.3) is 0 Å². The van der Waals surface area contributed by atoms with E-state index in [9.17, 15) is 14.4 Å². The molecule has 0 aromatic carbocycles. The number of carbonyl (C=O) groups is 3. The number of hydrogen-bond donors (Lipinski definition) is 0. The molecule has 2 aliphatic carbocycles. The summed E-state index contributed by atoms with van der Waals surface area (Å²) in [5.74, 6) is -0.322. The zero-order valence-corrected chi connectivity index (χ0v) is 19.2. The van der Waals surface area contributed by atoms with Crippen LogP contribution in [0.15, 0.2) is 24.0 Å². The molecule has 3 aliphatic rings. The molecule has 166 valence electrons. The number of fused-ring (bicyclic) bond motifs is 1. The summed E-state index contributed by atoms with van der Waals surface area (Å²) in [6.07, 6.45) is 7.87. The van der Waals surface area contributed by atoms with Gasteiger partial charge in [-0.05, 0) is 83.1 Å². The minimum Gasteiger partial charge on any atom is -0.432 e. The summed E-state index contributed by atoms with van der Waals surface area (Å²) in [6, 6.07) is 0. The Morgan fingerprint density at radius 3 is 2.53 bits per heavy atom. The topological polar surface area (TPSA) is 69.7 Å². The summed E-state index contributed by atoms with van der Waals surface area (Å²) in [5.41, 5.74) is 0.525. The summed E-state index contributed by atoms with van der Waals surface area (Å²) in [4.78, 5) is 37.7. The Balaban J connectivity index is 1.95. The average Bonchev–Trinajstić information content (AvgIpc) is 2.67. The van der Waals surface area contributed by atoms with Crippen LogP contribution in [0.2, 0.25) is 0 Å². The molecule has 1 aliphatic heterocycles. The summed E-state index contributed by atoms with van der Waals surface area (Å²) in [5, 5.41) is 0. The molecule has 5 heteroatoms. The number of allylic oxidation sites excluding steroid dienone is 2. The van der Waals surface area contributed by atoms with Crippen LogP contribution in [-0.4, -0.2) is 29.7 Å². The van der Waals surface area contributed by atoms with E-state index in [2.05, 4.69) is 20.8 Å². The number of ketones is 2. The Morgan fingerprint density at radius 1 is 1.20 bits per heavy atom. The summed E-state index contributed by atoms with van der Waals surface area (Å²) in [6.45, 7) is 12.2. The molecule has 3 rings (SSSR count). The monoisotopic (exact) mass is 416 g/mol. The molecule has 0 amide bonds. The van der Waals surface area contributed by atoms with Crippen molar-refractivity contribution in [2.24, 2.45) is 35.0 Å². The van der Waals surface area contributed by atoms with Gasteiger partial charge in [0.1, 0.15) is 11.6 Å². The molecule has 30 heavy (non-hydrogen) atoms. The highest BCUT2D eigenvalue weighted by Crippen LogP contribution is 2.59. The summed E-state index contributed by atoms with van der Waals surface area (Å²) in [7, 11) is 0. The predicted molar refractivity (Wildman–Crippen MR) is 114 cm³/mol. The van der Waals surface area contributed by atoms with Crippen molar-refractivity contribution in [2.75, 3.05) is 6.61 Å². The first-order chi connectivity index (χ1) is 13.9. The van der Waals surface area contributed by atoms with Crippen LogP contribution in [-0.2, 0) is 23.9 Å². The minimum absolute atomic E-state index is 0.0157. The lowest BCUT2D eigenvalue weighted by Crippen LogP contribution is -2.53. The Labute approximate surface area is 180 Å². The Kier molecular flexibility index (Phi) is 6.43. The van der Waals surface area contributed by atoms with Crippen LogP contribution in [0.25, 0.3) is 0 Å². The Morgan fingerprint density at radius 2 is 1.90 bits per heavy atom. The van der Waals surface area contributed by atoms with Crippen molar-refractivity contribution in [2.45, 2.75) is 72.8 Å². The van der Waals surface area contributed by atoms with E-state index in [0.29, 0.717) is 12.5 Å². The lowest BCUT2D eigenvalue weighted by Gasteiger charge is -2.53. The molecule has 3 fully saturated rings. The number of Topliss-reactive ketones (excluding diaryl/α,β-unsaturated/α-hetero) is 2. The normalized spacial score (nSPS) is 37.4. The van der Waals surface area contributed by atoms with Crippen molar-refractivity contribution in [1.82, 2.24) is 0 Å². The van der Waals surface area contributed by atoms with Crippen LogP contribution in [0.5, 0.6) is 0 Å². The van der Waals surface area contributed by atoms with Gasteiger partial charge in [0, 0.05) is 24.3 Å². The fourth-order valence-electron chi connectivity index (χ4n) is 6.20. The van der Waals surface area contributed by atoms with E-state index in [-0.39, 0.29) is 46.8 Å². The first kappa shape index (κ1) is 22.9. The van der Waals surface area contributed by atoms with Crippen molar-refractivity contribution >= 4 is 17.5 Å². The molecule has 1 heterocycles. The van der Waals surface area contributed by atoms with Crippen LogP contribution in [0.3, 0.4) is 0 Å². The van der Waals surface area contributed by atoms with E-state index < -0.39 is 11.9 Å². The third kappa shape index (κ3) is 4.46.